The minimum Gasteiger partial charge on any atom is -0.390 e. The number of halogens is 2. The van der Waals surface area contributed by atoms with Crippen LogP contribution in [-0.4, -0.2) is 10.7 Å². The van der Waals surface area contributed by atoms with Crippen molar-refractivity contribution in [2.75, 3.05) is 0 Å². The Labute approximate surface area is 88.7 Å². The van der Waals surface area contributed by atoms with E-state index >= 15 is 0 Å². The topological polar surface area (TPSA) is 20.2 Å². The van der Waals surface area contributed by atoms with Crippen LogP contribution in [0.3, 0.4) is 0 Å². The number of hydrogen-bond acceptors (Lipinski definition) is 1. The van der Waals surface area contributed by atoms with Crippen LogP contribution in [0.4, 0.5) is 8.78 Å². The molecule has 0 saturated heterocycles. The van der Waals surface area contributed by atoms with Gasteiger partial charge in [0.1, 0.15) is 11.6 Å². The Morgan fingerprint density at radius 3 is 2.20 bits per heavy atom. The van der Waals surface area contributed by atoms with Crippen molar-refractivity contribution in [3.8, 4) is 0 Å². The molecule has 1 aromatic rings. The van der Waals surface area contributed by atoms with E-state index in [1.54, 1.807) is 6.92 Å². The molecule has 1 nitrogen and oxygen atoms in total. The molecule has 0 spiro atoms. The molecule has 0 radical (unpaired) electrons. The minimum absolute atomic E-state index is 0.273. The van der Waals surface area contributed by atoms with Crippen molar-refractivity contribution in [1.29, 1.82) is 0 Å². The molecule has 0 bridgehead atoms. The predicted octanol–water partition coefficient (Wildman–Crippen LogP) is 3.06. The van der Waals surface area contributed by atoms with Crippen molar-refractivity contribution in [1.82, 2.24) is 0 Å². The summed E-state index contributed by atoms with van der Waals surface area (Å²) in [5, 5.41) is 9.90. The molecular formula is C12H16F2O. The van der Waals surface area contributed by atoms with Gasteiger partial charge in [-0.25, -0.2) is 8.78 Å². The van der Waals surface area contributed by atoms with Gasteiger partial charge in [0.25, 0.3) is 0 Å². The predicted molar refractivity (Wildman–Crippen MR) is 55.6 cm³/mol. The SMILES string of the molecule is CCCC(C)(O)Cc1cc(F)cc(F)c1. The van der Waals surface area contributed by atoms with Gasteiger partial charge in [-0.05, 0) is 31.0 Å². The number of hydrogen-bond donors (Lipinski definition) is 1. The first-order valence-corrected chi connectivity index (χ1v) is 5.10. The van der Waals surface area contributed by atoms with Crippen LogP contribution in [0.1, 0.15) is 32.3 Å². The summed E-state index contributed by atoms with van der Waals surface area (Å²) in [4.78, 5) is 0. The lowest BCUT2D eigenvalue weighted by molar-refractivity contribution is 0.0504. The Balaban J connectivity index is 2.80. The Kier molecular flexibility index (Phi) is 3.80. The number of benzene rings is 1. The molecule has 1 atom stereocenters. The van der Waals surface area contributed by atoms with Gasteiger partial charge in [0.15, 0.2) is 0 Å². The summed E-state index contributed by atoms with van der Waals surface area (Å²) in [6.45, 7) is 3.64. The van der Waals surface area contributed by atoms with Gasteiger partial charge in [-0.1, -0.05) is 13.3 Å². The van der Waals surface area contributed by atoms with E-state index < -0.39 is 17.2 Å². The highest BCUT2D eigenvalue weighted by Gasteiger charge is 2.20. The Hall–Kier alpha value is -0.960. The smallest absolute Gasteiger partial charge is 0.126 e. The summed E-state index contributed by atoms with van der Waals surface area (Å²) in [6.07, 6.45) is 1.73. The quantitative estimate of drug-likeness (QED) is 0.816. The van der Waals surface area contributed by atoms with Gasteiger partial charge in [-0.3, -0.25) is 0 Å². The summed E-state index contributed by atoms with van der Waals surface area (Å²) in [7, 11) is 0. The van der Waals surface area contributed by atoms with Gasteiger partial charge in [0.05, 0.1) is 5.60 Å². The minimum atomic E-state index is -0.894. The molecule has 0 amide bonds. The first kappa shape index (κ1) is 12.1. The second kappa shape index (κ2) is 4.71. The third kappa shape index (κ3) is 3.96. The highest BCUT2D eigenvalue weighted by atomic mass is 19.1. The van der Waals surface area contributed by atoms with Crippen LogP contribution >= 0.6 is 0 Å². The van der Waals surface area contributed by atoms with E-state index in [2.05, 4.69) is 0 Å². The standard InChI is InChI=1S/C12H16F2O/c1-3-4-12(2,15)8-9-5-10(13)7-11(14)6-9/h5-7,15H,3-4,8H2,1-2H3. The Morgan fingerprint density at radius 2 is 1.73 bits per heavy atom. The van der Waals surface area contributed by atoms with Gasteiger partial charge >= 0.3 is 0 Å². The van der Waals surface area contributed by atoms with E-state index in [0.717, 1.165) is 12.5 Å². The highest BCUT2D eigenvalue weighted by molar-refractivity contribution is 5.19. The molecule has 0 aliphatic carbocycles. The van der Waals surface area contributed by atoms with Gasteiger partial charge in [0.2, 0.25) is 0 Å². The van der Waals surface area contributed by atoms with Crippen LogP contribution in [0, 0.1) is 11.6 Å². The van der Waals surface area contributed by atoms with Gasteiger partial charge in [-0.2, -0.15) is 0 Å². The van der Waals surface area contributed by atoms with E-state index in [1.807, 2.05) is 6.92 Å². The van der Waals surface area contributed by atoms with Crippen molar-refractivity contribution < 1.29 is 13.9 Å². The summed E-state index contributed by atoms with van der Waals surface area (Å²) in [6, 6.07) is 3.35. The monoisotopic (exact) mass is 214 g/mol. The van der Waals surface area contributed by atoms with Crippen molar-refractivity contribution in [2.45, 2.75) is 38.7 Å². The average Bonchev–Trinajstić information content (AvgIpc) is 1.99. The van der Waals surface area contributed by atoms with Crippen LogP contribution in [0.15, 0.2) is 18.2 Å². The maximum absolute atomic E-state index is 12.9. The maximum Gasteiger partial charge on any atom is 0.126 e. The zero-order valence-corrected chi connectivity index (χ0v) is 9.06. The zero-order chi connectivity index (χ0) is 11.5. The van der Waals surface area contributed by atoms with Gasteiger partial charge in [0, 0.05) is 12.5 Å². The zero-order valence-electron chi connectivity index (χ0n) is 9.06. The second-order valence-electron chi connectivity index (χ2n) is 4.20. The molecule has 1 rings (SSSR count). The molecule has 1 aromatic carbocycles. The van der Waals surface area contributed by atoms with Gasteiger partial charge < -0.3 is 5.11 Å². The molecule has 0 heterocycles. The molecule has 84 valence electrons. The summed E-state index contributed by atoms with van der Waals surface area (Å²) >= 11 is 0. The lowest BCUT2D eigenvalue weighted by atomic mass is 9.92. The Bertz CT molecular complexity index is 314. The van der Waals surface area contributed by atoms with Crippen molar-refractivity contribution in [2.24, 2.45) is 0 Å². The number of rotatable bonds is 4. The van der Waals surface area contributed by atoms with Gasteiger partial charge in [-0.15, -0.1) is 0 Å². The van der Waals surface area contributed by atoms with Crippen LogP contribution in [0.2, 0.25) is 0 Å². The van der Waals surface area contributed by atoms with Crippen LogP contribution in [0.25, 0.3) is 0 Å². The Morgan fingerprint density at radius 1 is 1.20 bits per heavy atom. The molecule has 1 N–H and O–H groups in total. The molecule has 0 aliphatic rings. The largest absolute Gasteiger partial charge is 0.390 e. The molecule has 0 aliphatic heterocycles. The summed E-state index contributed by atoms with van der Waals surface area (Å²) in [5.41, 5.74) is -0.402. The van der Waals surface area contributed by atoms with Crippen LogP contribution in [-0.2, 0) is 6.42 Å². The fourth-order valence-electron chi connectivity index (χ4n) is 1.78. The molecule has 15 heavy (non-hydrogen) atoms. The molecular weight excluding hydrogens is 198 g/mol. The highest BCUT2D eigenvalue weighted by Crippen LogP contribution is 2.19. The lowest BCUT2D eigenvalue weighted by Gasteiger charge is -2.22. The van der Waals surface area contributed by atoms with E-state index in [1.165, 1.54) is 12.1 Å². The fourth-order valence-corrected chi connectivity index (χ4v) is 1.78. The molecule has 1 unspecified atom stereocenters. The molecule has 0 saturated carbocycles. The number of aliphatic hydroxyl groups is 1. The third-order valence-electron chi connectivity index (χ3n) is 2.30. The summed E-state index contributed by atoms with van der Waals surface area (Å²) in [5.74, 6) is -1.20. The van der Waals surface area contributed by atoms with E-state index in [0.29, 0.717) is 12.0 Å². The van der Waals surface area contributed by atoms with Crippen LogP contribution in [0.5, 0.6) is 0 Å². The van der Waals surface area contributed by atoms with E-state index in [9.17, 15) is 13.9 Å². The molecule has 3 heteroatoms. The third-order valence-corrected chi connectivity index (χ3v) is 2.30. The van der Waals surface area contributed by atoms with Crippen molar-refractivity contribution >= 4 is 0 Å². The first-order valence-electron chi connectivity index (χ1n) is 5.10. The molecule has 0 aromatic heterocycles. The van der Waals surface area contributed by atoms with Crippen LogP contribution < -0.4 is 0 Å². The average molecular weight is 214 g/mol. The van der Waals surface area contributed by atoms with E-state index in [-0.39, 0.29) is 6.42 Å². The normalized spacial score (nSPS) is 15.0. The summed E-state index contributed by atoms with van der Waals surface area (Å²) < 4.78 is 25.7. The maximum atomic E-state index is 12.9. The van der Waals surface area contributed by atoms with E-state index in [4.69, 9.17) is 0 Å². The lowest BCUT2D eigenvalue weighted by Crippen LogP contribution is -2.26. The fraction of sp³-hybridized carbons (Fsp3) is 0.500. The molecule has 0 fully saturated rings. The second-order valence-corrected chi connectivity index (χ2v) is 4.20. The van der Waals surface area contributed by atoms with Crippen molar-refractivity contribution in [3.05, 3.63) is 35.4 Å². The van der Waals surface area contributed by atoms with Crippen molar-refractivity contribution in [3.63, 3.8) is 0 Å². The first-order chi connectivity index (χ1) is 6.93.